The van der Waals surface area contributed by atoms with E-state index in [4.69, 9.17) is 5.73 Å². The summed E-state index contributed by atoms with van der Waals surface area (Å²) in [6.07, 6.45) is 0. The van der Waals surface area contributed by atoms with Gasteiger partial charge in [-0.15, -0.1) is 24.8 Å². The van der Waals surface area contributed by atoms with E-state index in [1.165, 1.54) is 0 Å². The Labute approximate surface area is 165 Å². The van der Waals surface area contributed by atoms with Crippen molar-refractivity contribution in [2.75, 3.05) is 6.54 Å². The van der Waals surface area contributed by atoms with Crippen molar-refractivity contribution in [3.05, 3.63) is 59.9 Å². The molecule has 2 aromatic carbocycles. The third-order valence-corrected chi connectivity index (χ3v) is 3.80. The second-order valence-corrected chi connectivity index (χ2v) is 6.70. The van der Waals surface area contributed by atoms with Gasteiger partial charge in [-0.2, -0.15) is 0 Å². The van der Waals surface area contributed by atoms with Crippen LogP contribution in [-0.2, 0) is 0 Å². The van der Waals surface area contributed by atoms with Crippen LogP contribution in [0.1, 0.15) is 30.0 Å². The number of hydrogen-bond donors (Lipinski definition) is 2. The molecule has 7 heteroatoms. The Morgan fingerprint density at radius 3 is 2.42 bits per heavy atom. The van der Waals surface area contributed by atoms with Crippen molar-refractivity contribution in [1.82, 2.24) is 14.9 Å². The number of para-hydroxylation sites is 1. The Kier molecular flexibility index (Phi) is 7.21. The average molecular weight is 395 g/mol. The second kappa shape index (κ2) is 8.54. The highest BCUT2D eigenvalue weighted by Gasteiger charge is 2.15. The van der Waals surface area contributed by atoms with Crippen LogP contribution >= 0.6 is 24.8 Å². The molecule has 0 aliphatic heterocycles. The molecule has 0 spiro atoms. The van der Waals surface area contributed by atoms with Crippen molar-refractivity contribution in [2.45, 2.75) is 26.3 Å². The monoisotopic (exact) mass is 394 g/mol. The number of fused-ring (bicyclic) bond motifs is 1. The van der Waals surface area contributed by atoms with Crippen LogP contribution in [0, 0.1) is 6.92 Å². The van der Waals surface area contributed by atoms with Gasteiger partial charge in [-0.25, -0.2) is 4.98 Å². The SMILES string of the molecule is Cc1nc2cc(C(=O)NCC(C)(C)N)ccc2n1-c1ccccc1.Cl.Cl. The smallest absolute Gasteiger partial charge is 0.251 e. The van der Waals surface area contributed by atoms with Gasteiger partial charge in [0.2, 0.25) is 0 Å². The lowest BCUT2D eigenvalue weighted by Gasteiger charge is -2.18. The Morgan fingerprint density at radius 1 is 1.15 bits per heavy atom. The van der Waals surface area contributed by atoms with Crippen LogP contribution in [0.5, 0.6) is 0 Å². The fourth-order valence-electron chi connectivity index (χ4n) is 2.66. The summed E-state index contributed by atoms with van der Waals surface area (Å²) in [6, 6.07) is 15.6. The molecule has 0 atom stereocenters. The molecule has 3 N–H and O–H groups in total. The van der Waals surface area contributed by atoms with Crippen LogP contribution < -0.4 is 11.1 Å². The summed E-state index contributed by atoms with van der Waals surface area (Å²) in [4.78, 5) is 16.9. The molecule has 1 amide bonds. The highest BCUT2D eigenvalue weighted by molar-refractivity contribution is 5.97. The lowest BCUT2D eigenvalue weighted by molar-refractivity contribution is 0.0946. The van der Waals surface area contributed by atoms with Crippen molar-refractivity contribution >= 4 is 41.8 Å². The highest BCUT2D eigenvalue weighted by atomic mass is 35.5. The minimum absolute atomic E-state index is 0. The second-order valence-electron chi connectivity index (χ2n) is 6.70. The Hall–Kier alpha value is -2.08. The molecular formula is C19H24Cl2N4O. The van der Waals surface area contributed by atoms with Crippen LogP contribution in [0.3, 0.4) is 0 Å². The zero-order valence-corrected chi connectivity index (χ0v) is 16.7. The number of carbonyl (C=O) groups is 1. The molecule has 0 saturated carbocycles. The average Bonchev–Trinajstić information content (AvgIpc) is 2.87. The van der Waals surface area contributed by atoms with Gasteiger partial charge in [0, 0.05) is 23.3 Å². The fourth-order valence-corrected chi connectivity index (χ4v) is 2.66. The predicted octanol–water partition coefficient (Wildman–Crippen LogP) is 3.64. The molecule has 0 bridgehead atoms. The van der Waals surface area contributed by atoms with Crippen molar-refractivity contribution in [3.8, 4) is 5.69 Å². The van der Waals surface area contributed by atoms with E-state index in [1.54, 1.807) is 0 Å². The lowest BCUT2D eigenvalue weighted by Crippen LogP contribution is -2.45. The Morgan fingerprint density at radius 2 is 1.81 bits per heavy atom. The van der Waals surface area contributed by atoms with Crippen LogP contribution in [0.2, 0.25) is 0 Å². The summed E-state index contributed by atoms with van der Waals surface area (Å²) in [6.45, 7) is 6.13. The van der Waals surface area contributed by atoms with Gasteiger partial charge in [0.05, 0.1) is 11.0 Å². The van der Waals surface area contributed by atoms with Gasteiger partial charge in [-0.05, 0) is 51.1 Å². The maximum atomic E-state index is 12.3. The Bertz CT molecular complexity index is 886. The number of hydrogen-bond acceptors (Lipinski definition) is 3. The zero-order valence-electron chi connectivity index (χ0n) is 15.0. The number of halogens is 2. The fraction of sp³-hybridized carbons (Fsp3) is 0.263. The first-order valence-electron chi connectivity index (χ1n) is 7.97. The number of nitrogens with two attached hydrogens (primary N) is 1. The minimum Gasteiger partial charge on any atom is -0.350 e. The number of aryl methyl sites for hydroxylation is 1. The van der Waals surface area contributed by atoms with Gasteiger partial charge in [-0.1, -0.05) is 18.2 Å². The van der Waals surface area contributed by atoms with Crippen LogP contribution in [0.15, 0.2) is 48.5 Å². The standard InChI is InChI=1S/C19H22N4O.2ClH/c1-13-22-16-11-14(18(24)21-12-19(2,3)20)9-10-17(16)23(13)15-7-5-4-6-8-15;;/h4-11H,12,20H2,1-3H3,(H,21,24);2*1H. The lowest BCUT2D eigenvalue weighted by atomic mass is 10.1. The van der Waals surface area contributed by atoms with E-state index in [0.29, 0.717) is 12.1 Å². The largest absolute Gasteiger partial charge is 0.350 e. The maximum absolute atomic E-state index is 12.3. The van der Waals surface area contributed by atoms with Crippen LogP contribution in [0.25, 0.3) is 16.7 Å². The molecule has 26 heavy (non-hydrogen) atoms. The van der Waals surface area contributed by atoms with Gasteiger partial charge in [0.1, 0.15) is 5.82 Å². The molecule has 0 aliphatic carbocycles. The summed E-state index contributed by atoms with van der Waals surface area (Å²) >= 11 is 0. The molecule has 0 radical (unpaired) electrons. The number of aromatic nitrogens is 2. The first kappa shape index (κ1) is 22.0. The zero-order chi connectivity index (χ0) is 17.3. The van der Waals surface area contributed by atoms with E-state index in [-0.39, 0.29) is 30.7 Å². The molecule has 3 aromatic rings. The molecular weight excluding hydrogens is 371 g/mol. The number of nitrogens with one attached hydrogen (secondary N) is 1. The molecule has 0 saturated heterocycles. The minimum atomic E-state index is -0.439. The summed E-state index contributed by atoms with van der Waals surface area (Å²) in [5.74, 6) is 0.749. The number of amides is 1. The predicted molar refractivity (Wildman–Crippen MR) is 111 cm³/mol. The molecule has 0 unspecified atom stereocenters. The number of rotatable bonds is 4. The van der Waals surface area contributed by atoms with E-state index >= 15 is 0 Å². The summed E-state index contributed by atoms with van der Waals surface area (Å²) in [7, 11) is 0. The van der Waals surface area contributed by atoms with Gasteiger partial charge in [-0.3, -0.25) is 9.36 Å². The molecule has 0 aliphatic rings. The summed E-state index contributed by atoms with van der Waals surface area (Å²) in [5, 5.41) is 2.86. The highest BCUT2D eigenvalue weighted by Crippen LogP contribution is 2.22. The van der Waals surface area contributed by atoms with Gasteiger partial charge in [0.15, 0.2) is 0 Å². The third kappa shape index (κ3) is 4.75. The van der Waals surface area contributed by atoms with E-state index in [2.05, 4.69) is 14.9 Å². The Balaban J connectivity index is 0.00000169. The molecule has 0 fully saturated rings. The first-order valence-corrected chi connectivity index (χ1v) is 7.97. The molecule has 5 nitrogen and oxygen atoms in total. The van der Waals surface area contributed by atoms with E-state index in [1.807, 2.05) is 69.3 Å². The topological polar surface area (TPSA) is 72.9 Å². The van der Waals surface area contributed by atoms with Gasteiger partial charge < -0.3 is 11.1 Å². The molecule has 3 rings (SSSR count). The third-order valence-electron chi connectivity index (χ3n) is 3.80. The van der Waals surface area contributed by atoms with Crippen molar-refractivity contribution in [3.63, 3.8) is 0 Å². The van der Waals surface area contributed by atoms with Crippen LogP contribution in [-0.4, -0.2) is 27.5 Å². The van der Waals surface area contributed by atoms with Crippen LogP contribution in [0.4, 0.5) is 0 Å². The first-order chi connectivity index (χ1) is 11.3. The summed E-state index contributed by atoms with van der Waals surface area (Å²) in [5.41, 5.74) is 8.90. The number of carbonyl (C=O) groups excluding carboxylic acids is 1. The van der Waals surface area contributed by atoms with E-state index in [0.717, 1.165) is 22.5 Å². The van der Waals surface area contributed by atoms with Crippen molar-refractivity contribution < 1.29 is 4.79 Å². The van der Waals surface area contributed by atoms with Gasteiger partial charge in [0.25, 0.3) is 5.91 Å². The molecule has 140 valence electrons. The summed E-state index contributed by atoms with van der Waals surface area (Å²) < 4.78 is 2.08. The maximum Gasteiger partial charge on any atom is 0.251 e. The number of benzene rings is 2. The quantitative estimate of drug-likeness (QED) is 0.709. The number of imidazole rings is 1. The van der Waals surface area contributed by atoms with E-state index < -0.39 is 5.54 Å². The molecule has 1 aromatic heterocycles. The molecule has 1 heterocycles. The van der Waals surface area contributed by atoms with Crippen molar-refractivity contribution in [1.29, 1.82) is 0 Å². The van der Waals surface area contributed by atoms with E-state index in [9.17, 15) is 4.79 Å². The normalized spacial score (nSPS) is 10.8. The van der Waals surface area contributed by atoms with Gasteiger partial charge >= 0.3 is 0 Å². The number of nitrogens with zero attached hydrogens (tertiary/aromatic N) is 2. The van der Waals surface area contributed by atoms with Crippen molar-refractivity contribution in [2.24, 2.45) is 5.73 Å².